The first-order valence-electron chi connectivity index (χ1n) is 6.96. The fraction of sp³-hybridized carbons (Fsp3) is 0.533. The predicted molar refractivity (Wildman–Crippen MR) is 74.8 cm³/mol. The van der Waals surface area contributed by atoms with Crippen molar-refractivity contribution in [1.29, 1.82) is 0 Å². The molecule has 4 heteroatoms. The van der Waals surface area contributed by atoms with E-state index in [0.717, 1.165) is 12.1 Å². The molecule has 0 bridgehead atoms. The van der Waals surface area contributed by atoms with Crippen LogP contribution in [0.5, 0.6) is 0 Å². The fourth-order valence-electron chi connectivity index (χ4n) is 2.62. The number of fused-ring (bicyclic) bond motifs is 1. The number of hydrogen-bond acceptors (Lipinski definition) is 3. The van der Waals surface area contributed by atoms with Gasteiger partial charge in [-0.15, -0.1) is 0 Å². The zero-order chi connectivity index (χ0) is 13.7. The predicted octanol–water partition coefficient (Wildman–Crippen LogP) is 1.10. The molecule has 0 radical (unpaired) electrons. The lowest BCUT2D eigenvalue weighted by Crippen LogP contribution is -2.42. The molecule has 104 valence electrons. The SMILES string of the molecule is CCN(CCCO)C(=O)C1CNCc2ccccc21. The molecule has 0 spiro atoms. The van der Waals surface area contributed by atoms with Crippen LogP contribution in [0.3, 0.4) is 0 Å². The number of nitrogens with one attached hydrogen (secondary N) is 1. The van der Waals surface area contributed by atoms with E-state index < -0.39 is 0 Å². The van der Waals surface area contributed by atoms with Gasteiger partial charge < -0.3 is 15.3 Å². The molecule has 4 nitrogen and oxygen atoms in total. The van der Waals surface area contributed by atoms with Crippen molar-refractivity contribution in [2.24, 2.45) is 0 Å². The lowest BCUT2D eigenvalue weighted by molar-refractivity contribution is -0.132. The lowest BCUT2D eigenvalue weighted by Gasteiger charge is -2.30. The summed E-state index contributed by atoms with van der Waals surface area (Å²) in [5.74, 6) is 0.0687. The van der Waals surface area contributed by atoms with Gasteiger partial charge in [-0.2, -0.15) is 0 Å². The molecule has 2 N–H and O–H groups in total. The Labute approximate surface area is 114 Å². The Balaban J connectivity index is 2.15. The summed E-state index contributed by atoms with van der Waals surface area (Å²) in [6, 6.07) is 8.13. The Kier molecular flexibility index (Phi) is 4.93. The minimum Gasteiger partial charge on any atom is -0.396 e. The molecular weight excluding hydrogens is 240 g/mol. The summed E-state index contributed by atoms with van der Waals surface area (Å²) in [7, 11) is 0. The lowest BCUT2D eigenvalue weighted by atomic mass is 9.90. The molecular formula is C15H22N2O2. The second kappa shape index (κ2) is 6.68. The van der Waals surface area contributed by atoms with Gasteiger partial charge in [0.2, 0.25) is 5.91 Å². The van der Waals surface area contributed by atoms with Crippen LogP contribution >= 0.6 is 0 Å². The minimum atomic E-state index is -0.0939. The molecule has 0 fully saturated rings. The van der Waals surface area contributed by atoms with Gasteiger partial charge in [0.15, 0.2) is 0 Å². The number of benzene rings is 1. The van der Waals surface area contributed by atoms with Crippen molar-refractivity contribution in [1.82, 2.24) is 10.2 Å². The maximum Gasteiger partial charge on any atom is 0.231 e. The van der Waals surface area contributed by atoms with Crippen LogP contribution in [0, 0.1) is 0 Å². The third-order valence-corrected chi connectivity index (χ3v) is 3.67. The van der Waals surface area contributed by atoms with Crippen molar-refractivity contribution in [2.75, 3.05) is 26.2 Å². The first kappa shape index (κ1) is 14.0. The maximum atomic E-state index is 12.6. The molecule has 0 saturated carbocycles. The summed E-state index contributed by atoms with van der Waals surface area (Å²) in [6.07, 6.45) is 0.640. The fourth-order valence-corrected chi connectivity index (χ4v) is 2.62. The van der Waals surface area contributed by atoms with Crippen LogP contribution in [0.4, 0.5) is 0 Å². The number of carbonyl (C=O) groups excluding carboxylic acids is 1. The van der Waals surface area contributed by atoms with Crippen molar-refractivity contribution in [2.45, 2.75) is 25.8 Å². The van der Waals surface area contributed by atoms with Gasteiger partial charge in [-0.1, -0.05) is 24.3 Å². The van der Waals surface area contributed by atoms with E-state index in [1.54, 1.807) is 0 Å². The van der Waals surface area contributed by atoms with E-state index in [4.69, 9.17) is 5.11 Å². The Morgan fingerprint density at radius 3 is 3.00 bits per heavy atom. The van der Waals surface area contributed by atoms with Crippen LogP contribution in [0.15, 0.2) is 24.3 Å². The molecule has 1 aliphatic rings. The molecule has 2 rings (SSSR count). The van der Waals surface area contributed by atoms with Gasteiger partial charge in [0, 0.05) is 32.8 Å². The molecule has 1 unspecified atom stereocenters. The van der Waals surface area contributed by atoms with Gasteiger partial charge >= 0.3 is 0 Å². The number of likely N-dealkylation sites (N-methyl/N-ethyl adjacent to an activating group) is 1. The summed E-state index contributed by atoms with van der Waals surface area (Å²) < 4.78 is 0. The van der Waals surface area contributed by atoms with E-state index in [-0.39, 0.29) is 18.4 Å². The molecule has 19 heavy (non-hydrogen) atoms. The molecule has 1 amide bonds. The Morgan fingerprint density at radius 2 is 2.26 bits per heavy atom. The zero-order valence-corrected chi connectivity index (χ0v) is 11.4. The number of amides is 1. The number of aliphatic hydroxyl groups excluding tert-OH is 1. The summed E-state index contributed by atoms with van der Waals surface area (Å²) in [4.78, 5) is 14.4. The monoisotopic (exact) mass is 262 g/mol. The van der Waals surface area contributed by atoms with E-state index in [1.807, 2.05) is 24.0 Å². The second-order valence-electron chi connectivity index (χ2n) is 4.88. The highest BCUT2D eigenvalue weighted by Gasteiger charge is 2.28. The smallest absolute Gasteiger partial charge is 0.231 e. The number of carbonyl (C=O) groups is 1. The van der Waals surface area contributed by atoms with Crippen LogP contribution in [-0.4, -0.2) is 42.2 Å². The normalized spacial score (nSPS) is 17.9. The highest BCUT2D eigenvalue weighted by atomic mass is 16.3. The van der Waals surface area contributed by atoms with E-state index in [2.05, 4.69) is 17.4 Å². The first-order chi connectivity index (χ1) is 9.27. The Hall–Kier alpha value is -1.39. The Morgan fingerprint density at radius 1 is 1.47 bits per heavy atom. The van der Waals surface area contributed by atoms with E-state index in [1.165, 1.54) is 5.56 Å². The molecule has 1 atom stereocenters. The number of aliphatic hydroxyl groups is 1. The van der Waals surface area contributed by atoms with E-state index in [9.17, 15) is 4.79 Å². The molecule has 0 saturated heterocycles. The topological polar surface area (TPSA) is 52.6 Å². The van der Waals surface area contributed by atoms with Crippen molar-refractivity contribution < 1.29 is 9.90 Å². The standard InChI is InChI=1S/C15H22N2O2/c1-2-17(8-5-9-18)15(19)14-11-16-10-12-6-3-4-7-13(12)14/h3-4,6-7,14,16,18H,2,5,8-11H2,1H3. The third-order valence-electron chi connectivity index (χ3n) is 3.67. The maximum absolute atomic E-state index is 12.6. The summed E-state index contributed by atoms with van der Waals surface area (Å²) in [5.41, 5.74) is 2.36. The third kappa shape index (κ3) is 3.14. The van der Waals surface area contributed by atoms with Gasteiger partial charge in [-0.05, 0) is 24.5 Å². The number of nitrogens with zero attached hydrogens (tertiary/aromatic N) is 1. The minimum absolute atomic E-state index is 0.0939. The quantitative estimate of drug-likeness (QED) is 0.835. The van der Waals surface area contributed by atoms with Crippen LogP contribution in [0.2, 0.25) is 0 Å². The first-order valence-corrected chi connectivity index (χ1v) is 6.96. The summed E-state index contributed by atoms with van der Waals surface area (Å²) in [6.45, 7) is 4.97. The van der Waals surface area contributed by atoms with Crippen molar-refractivity contribution in [3.05, 3.63) is 35.4 Å². The molecule has 1 aromatic carbocycles. The van der Waals surface area contributed by atoms with E-state index in [0.29, 0.717) is 26.1 Å². The van der Waals surface area contributed by atoms with Crippen LogP contribution < -0.4 is 5.32 Å². The van der Waals surface area contributed by atoms with Crippen LogP contribution in [-0.2, 0) is 11.3 Å². The van der Waals surface area contributed by atoms with Crippen molar-refractivity contribution >= 4 is 5.91 Å². The highest BCUT2D eigenvalue weighted by molar-refractivity contribution is 5.84. The number of hydrogen-bond donors (Lipinski definition) is 2. The van der Waals surface area contributed by atoms with Crippen LogP contribution in [0.1, 0.15) is 30.4 Å². The molecule has 1 aromatic rings. The largest absolute Gasteiger partial charge is 0.396 e. The Bertz CT molecular complexity index is 434. The van der Waals surface area contributed by atoms with Crippen LogP contribution in [0.25, 0.3) is 0 Å². The van der Waals surface area contributed by atoms with Gasteiger partial charge in [0.05, 0.1) is 5.92 Å². The zero-order valence-electron chi connectivity index (χ0n) is 11.4. The average molecular weight is 262 g/mol. The molecule has 0 aliphatic carbocycles. The molecule has 1 heterocycles. The number of rotatable bonds is 5. The van der Waals surface area contributed by atoms with Gasteiger partial charge in [0.25, 0.3) is 0 Å². The van der Waals surface area contributed by atoms with Gasteiger partial charge in [0.1, 0.15) is 0 Å². The van der Waals surface area contributed by atoms with Gasteiger partial charge in [-0.3, -0.25) is 4.79 Å². The van der Waals surface area contributed by atoms with Gasteiger partial charge in [-0.25, -0.2) is 0 Å². The highest BCUT2D eigenvalue weighted by Crippen LogP contribution is 2.25. The van der Waals surface area contributed by atoms with E-state index >= 15 is 0 Å². The summed E-state index contributed by atoms with van der Waals surface area (Å²) in [5, 5.41) is 12.2. The molecule has 1 aliphatic heterocycles. The molecule has 0 aromatic heterocycles. The second-order valence-corrected chi connectivity index (χ2v) is 4.88. The average Bonchev–Trinajstić information content (AvgIpc) is 2.47. The van der Waals surface area contributed by atoms with Crippen molar-refractivity contribution in [3.63, 3.8) is 0 Å². The van der Waals surface area contributed by atoms with Crippen molar-refractivity contribution in [3.8, 4) is 0 Å². The summed E-state index contributed by atoms with van der Waals surface area (Å²) >= 11 is 0.